The van der Waals surface area contributed by atoms with Crippen molar-refractivity contribution in [3.8, 4) is 5.75 Å². The minimum Gasteiger partial charge on any atom is -0.455 e. The Bertz CT molecular complexity index is 833. The predicted molar refractivity (Wildman–Crippen MR) is 83.4 cm³/mol. The molecule has 0 N–H and O–H groups in total. The van der Waals surface area contributed by atoms with Gasteiger partial charge in [-0.1, -0.05) is 0 Å². The average molecular weight is 408 g/mol. The normalized spacial score (nSPS) is 33.6. The molecule has 0 radical (unpaired) electrons. The number of carbonyl (C=O) groups is 1. The van der Waals surface area contributed by atoms with Crippen LogP contribution in [0.25, 0.3) is 0 Å². The molecule has 1 saturated heterocycles. The van der Waals surface area contributed by atoms with Gasteiger partial charge in [-0.25, -0.2) is 13.2 Å². The van der Waals surface area contributed by atoms with E-state index in [9.17, 15) is 26.7 Å². The molecule has 1 heterocycles. The molecule has 1 aromatic carbocycles. The van der Waals surface area contributed by atoms with Crippen molar-refractivity contribution < 1.29 is 41.0 Å². The summed E-state index contributed by atoms with van der Waals surface area (Å²) >= 11 is 4.70. The topological polar surface area (TPSA) is 48.1 Å². The lowest BCUT2D eigenvalue weighted by Gasteiger charge is -2.16. The van der Waals surface area contributed by atoms with Gasteiger partial charge in [0.2, 0.25) is 34.8 Å². The van der Waals surface area contributed by atoms with Gasteiger partial charge in [-0.2, -0.15) is 8.78 Å². The Morgan fingerprint density at radius 3 is 2.26 bits per heavy atom. The van der Waals surface area contributed by atoms with E-state index < -0.39 is 45.5 Å². The number of halogens is 5. The quantitative estimate of drug-likeness (QED) is 0.251. The van der Waals surface area contributed by atoms with Crippen LogP contribution in [0.4, 0.5) is 22.0 Å². The van der Waals surface area contributed by atoms with Crippen molar-refractivity contribution in [2.75, 3.05) is 6.61 Å². The lowest BCUT2D eigenvalue weighted by Crippen LogP contribution is -2.27. The minimum absolute atomic E-state index is 0.0146. The molecule has 4 rings (SSSR count). The highest BCUT2D eigenvalue weighted by Gasteiger charge is 2.77. The molecule has 2 aliphatic carbocycles. The highest BCUT2D eigenvalue weighted by molar-refractivity contribution is 7.79. The molecule has 1 aromatic rings. The number of benzene rings is 1. The van der Waals surface area contributed by atoms with Crippen LogP contribution in [0.15, 0.2) is 0 Å². The van der Waals surface area contributed by atoms with Crippen molar-refractivity contribution in [2.24, 2.45) is 17.3 Å². The second-order valence-corrected chi connectivity index (χ2v) is 7.31. The number of epoxide rings is 1. The van der Waals surface area contributed by atoms with E-state index in [1.807, 2.05) is 6.92 Å². The number of rotatable bonds is 4. The Balaban J connectivity index is 1.46. The summed E-state index contributed by atoms with van der Waals surface area (Å²) in [6.07, 6.45) is 1.07. The van der Waals surface area contributed by atoms with Gasteiger partial charge in [0.05, 0.1) is 17.6 Å². The van der Waals surface area contributed by atoms with Gasteiger partial charge in [0.25, 0.3) is 0 Å². The summed E-state index contributed by atoms with van der Waals surface area (Å²) in [5.74, 6) is -12.4. The zero-order chi connectivity index (χ0) is 19.7. The number of carbonyl (C=O) groups excluding carboxylic acids is 1. The molecule has 4 nitrogen and oxygen atoms in total. The average Bonchev–Trinajstić information content (AvgIpc) is 3.49. The molecule has 0 unspecified atom stereocenters. The smallest absolute Gasteiger partial charge is 0.358 e. The molecule has 27 heavy (non-hydrogen) atoms. The third kappa shape index (κ3) is 2.64. The Morgan fingerprint density at radius 2 is 1.70 bits per heavy atom. The van der Waals surface area contributed by atoms with E-state index in [1.165, 1.54) is 0 Å². The molecule has 0 bridgehead atoms. The van der Waals surface area contributed by atoms with E-state index in [2.05, 4.69) is 4.74 Å². The van der Waals surface area contributed by atoms with Crippen LogP contribution in [0.2, 0.25) is 0 Å². The fourth-order valence-corrected chi connectivity index (χ4v) is 4.39. The second kappa shape index (κ2) is 6.10. The Hall–Kier alpha value is -1.81. The first-order valence-corrected chi connectivity index (χ1v) is 8.65. The van der Waals surface area contributed by atoms with E-state index in [4.69, 9.17) is 21.7 Å². The predicted octanol–water partition coefficient (Wildman–Crippen LogP) is 3.45. The summed E-state index contributed by atoms with van der Waals surface area (Å²) in [6, 6.07) is 0. The number of Topliss-reactive ketones (excluding diaryl/α,β-unsaturated/α-hetero) is 1. The van der Waals surface area contributed by atoms with Crippen LogP contribution >= 0.6 is 12.2 Å². The second-order valence-electron chi connectivity index (χ2n) is 6.98. The van der Waals surface area contributed by atoms with Gasteiger partial charge in [-0.05, 0) is 19.3 Å². The molecule has 0 aromatic heterocycles. The van der Waals surface area contributed by atoms with Crippen LogP contribution in [-0.2, 0) is 14.3 Å². The Morgan fingerprint density at radius 1 is 1.15 bits per heavy atom. The lowest BCUT2D eigenvalue weighted by molar-refractivity contribution is -0.124. The van der Waals surface area contributed by atoms with Gasteiger partial charge in [-0.3, -0.25) is 4.79 Å². The van der Waals surface area contributed by atoms with E-state index >= 15 is 0 Å². The zero-order valence-electron chi connectivity index (χ0n) is 13.9. The number of hydrogen-bond acceptors (Lipinski definition) is 5. The maximum absolute atomic E-state index is 13.6. The van der Waals surface area contributed by atoms with Crippen LogP contribution in [-0.4, -0.2) is 29.8 Å². The Labute approximate surface area is 155 Å². The maximum atomic E-state index is 13.6. The minimum atomic E-state index is -2.30. The molecule has 3 fully saturated rings. The first kappa shape index (κ1) is 18.5. The van der Waals surface area contributed by atoms with Gasteiger partial charge in [-0.15, -0.1) is 0 Å². The fraction of sp³-hybridized carbons (Fsp3) is 0.529. The molecule has 2 saturated carbocycles. The van der Waals surface area contributed by atoms with Crippen LogP contribution in [0.3, 0.4) is 0 Å². The summed E-state index contributed by atoms with van der Waals surface area (Å²) in [5, 5.41) is -0.832. The highest BCUT2D eigenvalue weighted by atomic mass is 32.1. The van der Waals surface area contributed by atoms with Crippen LogP contribution in [0, 0.1) is 46.3 Å². The number of hydrogen-bond donors (Lipinski definition) is 0. The molecule has 0 amide bonds. The van der Waals surface area contributed by atoms with Crippen molar-refractivity contribution in [1.29, 1.82) is 0 Å². The van der Waals surface area contributed by atoms with Crippen molar-refractivity contribution in [3.63, 3.8) is 0 Å². The zero-order valence-corrected chi connectivity index (χ0v) is 14.7. The van der Waals surface area contributed by atoms with E-state index in [0.717, 1.165) is 0 Å². The Kier molecular flexibility index (Phi) is 4.19. The van der Waals surface area contributed by atoms with Gasteiger partial charge in [0.1, 0.15) is 12.4 Å². The molecule has 1 aliphatic heterocycles. The SMILES string of the molecule is C[C@@H]1O[C@H]1[C@@H]1[C@H]2CCC(=O)[C@@]12COC(=S)Oc1c(F)c(F)c(F)c(F)c1F. The largest absolute Gasteiger partial charge is 0.455 e. The van der Waals surface area contributed by atoms with Crippen molar-refractivity contribution >= 4 is 23.2 Å². The monoisotopic (exact) mass is 408 g/mol. The van der Waals surface area contributed by atoms with E-state index in [1.54, 1.807) is 0 Å². The number of thiocarbonyl (C=S) groups is 1. The van der Waals surface area contributed by atoms with Crippen LogP contribution in [0.1, 0.15) is 19.8 Å². The number of fused-ring (bicyclic) bond motifs is 1. The van der Waals surface area contributed by atoms with E-state index in [-0.39, 0.29) is 36.4 Å². The highest BCUT2D eigenvalue weighted by Crippen LogP contribution is 2.70. The molecule has 10 heteroatoms. The maximum Gasteiger partial charge on any atom is 0.358 e. The first-order chi connectivity index (χ1) is 12.7. The van der Waals surface area contributed by atoms with Gasteiger partial charge >= 0.3 is 5.24 Å². The molecular formula is C17H13F5O4S. The van der Waals surface area contributed by atoms with Crippen molar-refractivity contribution in [1.82, 2.24) is 0 Å². The van der Waals surface area contributed by atoms with E-state index in [0.29, 0.717) is 12.8 Å². The molecule has 146 valence electrons. The van der Waals surface area contributed by atoms with Crippen LogP contribution in [0.5, 0.6) is 5.75 Å². The van der Waals surface area contributed by atoms with Crippen LogP contribution < -0.4 is 4.74 Å². The fourth-order valence-electron chi connectivity index (χ4n) is 4.25. The standard InChI is InChI=1S/C17H13F5O4S/c1-5-14(25-5)8-6-2-3-7(23)17(6,8)4-24-16(27)26-15-12(21)10(19)9(18)11(20)13(15)22/h5-6,8,14H,2-4H2,1H3/t5-,6+,8-,14+,17-/m0/s1. The molecule has 3 aliphatic rings. The molecule has 0 spiro atoms. The summed E-state index contributed by atoms with van der Waals surface area (Å²) < 4.78 is 81.9. The third-order valence-electron chi connectivity index (χ3n) is 5.68. The first-order valence-electron chi connectivity index (χ1n) is 8.25. The van der Waals surface area contributed by atoms with Gasteiger partial charge in [0.15, 0.2) is 0 Å². The van der Waals surface area contributed by atoms with Crippen molar-refractivity contribution in [3.05, 3.63) is 29.1 Å². The van der Waals surface area contributed by atoms with Gasteiger partial charge < -0.3 is 14.2 Å². The summed E-state index contributed by atoms with van der Waals surface area (Å²) in [7, 11) is 0. The summed E-state index contributed by atoms with van der Waals surface area (Å²) in [5.41, 5.74) is -0.792. The summed E-state index contributed by atoms with van der Waals surface area (Å²) in [6.45, 7) is 1.69. The number of ether oxygens (including phenoxy) is 3. The lowest BCUT2D eigenvalue weighted by atomic mass is 9.96. The number of ketones is 1. The molecular weight excluding hydrogens is 395 g/mol. The third-order valence-corrected chi connectivity index (χ3v) is 5.88. The van der Waals surface area contributed by atoms with Crippen molar-refractivity contribution in [2.45, 2.75) is 32.0 Å². The molecule has 5 atom stereocenters. The van der Waals surface area contributed by atoms with Gasteiger partial charge in [0, 0.05) is 24.6 Å². The summed E-state index contributed by atoms with van der Waals surface area (Å²) in [4.78, 5) is 12.3.